The van der Waals surface area contributed by atoms with E-state index >= 15 is 0 Å². The second kappa shape index (κ2) is 8.67. The van der Waals surface area contributed by atoms with Crippen molar-refractivity contribution in [3.05, 3.63) is 83.8 Å². The van der Waals surface area contributed by atoms with Crippen molar-refractivity contribution >= 4 is 22.9 Å². The van der Waals surface area contributed by atoms with Crippen LogP contribution in [0.25, 0.3) is 22.7 Å². The zero-order valence-corrected chi connectivity index (χ0v) is 17.3. The molecule has 0 saturated carbocycles. The minimum absolute atomic E-state index is 0.137. The van der Waals surface area contributed by atoms with Gasteiger partial charge in [-0.3, -0.25) is 4.68 Å². The first-order valence-electron chi connectivity index (χ1n) is 9.93. The number of carbonyl (C=O) groups is 1. The Morgan fingerprint density at radius 3 is 2.77 bits per heavy atom. The van der Waals surface area contributed by atoms with Gasteiger partial charge < -0.3 is 4.74 Å². The van der Waals surface area contributed by atoms with E-state index in [2.05, 4.69) is 16.3 Å². The average Bonchev–Trinajstić information content (AvgIpc) is 3.42. The van der Waals surface area contributed by atoms with Crippen LogP contribution in [0.1, 0.15) is 41.5 Å². The summed E-state index contributed by atoms with van der Waals surface area (Å²) in [7, 11) is 0. The van der Waals surface area contributed by atoms with Crippen LogP contribution < -0.4 is 0 Å². The summed E-state index contributed by atoms with van der Waals surface area (Å²) >= 11 is 0. The van der Waals surface area contributed by atoms with Gasteiger partial charge in [-0.1, -0.05) is 36.4 Å². The van der Waals surface area contributed by atoms with Crippen molar-refractivity contribution in [2.45, 2.75) is 19.9 Å². The zero-order valence-electron chi connectivity index (χ0n) is 17.3. The van der Waals surface area contributed by atoms with Crippen molar-refractivity contribution < 1.29 is 9.53 Å². The summed E-state index contributed by atoms with van der Waals surface area (Å²) in [5.41, 5.74) is 3.37. The molecule has 2 aromatic heterocycles. The fourth-order valence-corrected chi connectivity index (χ4v) is 3.27. The molecule has 0 atom stereocenters. The van der Waals surface area contributed by atoms with Gasteiger partial charge in [0.25, 0.3) is 0 Å². The van der Waals surface area contributed by atoms with Crippen molar-refractivity contribution in [2.24, 2.45) is 0 Å². The van der Waals surface area contributed by atoms with E-state index in [4.69, 9.17) is 4.74 Å². The molecule has 2 heterocycles. The van der Waals surface area contributed by atoms with Gasteiger partial charge in [0, 0.05) is 17.6 Å². The fourth-order valence-electron chi connectivity index (χ4n) is 3.27. The zero-order chi connectivity index (χ0) is 21.8. The minimum Gasteiger partial charge on any atom is -0.458 e. The molecule has 4 aromatic rings. The number of aromatic nitrogens is 4. The largest absolute Gasteiger partial charge is 0.458 e. The highest BCUT2D eigenvalue weighted by atomic mass is 16.5. The summed E-state index contributed by atoms with van der Waals surface area (Å²) in [5, 5.41) is 18.8. The van der Waals surface area contributed by atoms with Crippen LogP contribution in [0.5, 0.6) is 0 Å². The lowest BCUT2D eigenvalue weighted by Crippen LogP contribution is -2.04. The van der Waals surface area contributed by atoms with E-state index in [0.717, 1.165) is 22.2 Å². The monoisotopic (exact) mass is 411 g/mol. The predicted octanol–water partition coefficient (Wildman–Crippen LogP) is 4.54. The maximum Gasteiger partial charge on any atom is 0.341 e. The standard InChI is InChI=1S/C24H21N5O2/c1-17(2)29-23-11-10-20(13-21(23)22(14-25)27-29)28-16-19(15-26-28)24(30)31-12-6-9-18-7-4-3-5-8-18/h3-11,13,15-17H,12H2,1-2H3. The normalized spacial score (nSPS) is 11.3. The topological polar surface area (TPSA) is 85.7 Å². The molecule has 7 heteroatoms. The highest BCUT2D eigenvalue weighted by Crippen LogP contribution is 2.24. The van der Waals surface area contributed by atoms with E-state index in [9.17, 15) is 10.1 Å². The molecule has 0 fully saturated rings. The van der Waals surface area contributed by atoms with Crippen molar-refractivity contribution in [3.8, 4) is 11.8 Å². The molecule has 0 saturated heterocycles. The molecule has 0 unspecified atom stereocenters. The molecule has 31 heavy (non-hydrogen) atoms. The first kappa shape index (κ1) is 20.1. The summed E-state index contributed by atoms with van der Waals surface area (Å²) in [6, 6.07) is 17.7. The molecule has 0 N–H and O–H groups in total. The molecule has 0 aliphatic carbocycles. The third-order valence-corrected chi connectivity index (χ3v) is 4.79. The molecule has 0 radical (unpaired) electrons. The maximum absolute atomic E-state index is 12.3. The SMILES string of the molecule is CC(C)n1nc(C#N)c2cc(-n3cc(C(=O)OCC=Cc4ccccc4)cn3)ccc21. The Morgan fingerprint density at radius 2 is 2.03 bits per heavy atom. The molecule has 4 rings (SSSR count). The molecule has 7 nitrogen and oxygen atoms in total. The van der Waals surface area contributed by atoms with Gasteiger partial charge in [-0.25, -0.2) is 9.48 Å². The van der Waals surface area contributed by atoms with Crippen LogP contribution in [0.15, 0.2) is 67.0 Å². The van der Waals surface area contributed by atoms with Crippen molar-refractivity contribution in [1.29, 1.82) is 5.26 Å². The van der Waals surface area contributed by atoms with Gasteiger partial charge in [0.15, 0.2) is 5.69 Å². The van der Waals surface area contributed by atoms with E-state index in [-0.39, 0.29) is 12.6 Å². The van der Waals surface area contributed by atoms with Gasteiger partial charge >= 0.3 is 5.97 Å². The van der Waals surface area contributed by atoms with Gasteiger partial charge in [-0.2, -0.15) is 15.5 Å². The third kappa shape index (κ3) is 4.23. The Bertz CT molecular complexity index is 1290. The number of nitriles is 1. The lowest BCUT2D eigenvalue weighted by atomic mass is 10.2. The number of fused-ring (bicyclic) bond motifs is 1. The number of hydrogen-bond acceptors (Lipinski definition) is 5. The molecule has 0 amide bonds. The summed E-state index contributed by atoms with van der Waals surface area (Å²) in [6.07, 6.45) is 6.77. The molecule has 0 spiro atoms. The number of rotatable bonds is 6. The second-order valence-electron chi connectivity index (χ2n) is 7.29. The van der Waals surface area contributed by atoms with Crippen molar-refractivity contribution in [1.82, 2.24) is 19.6 Å². The van der Waals surface area contributed by atoms with Crippen LogP contribution in [-0.4, -0.2) is 32.1 Å². The lowest BCUT2D eigenvalue weighted by Gasteiger charge is -2.07. The summed E-state index contributed by atoms with van der Waals surface area (Å²) in [5.74, 6) is -0.449. The van der Waals surface area contributed by atoms with Crippen LogP contribution in [-0.2, 0) is 4.74 Å². The highest BCUT2D eigenvalue weighted by Gasteiger charge is 2.15. The van der Waals surface area contributed by atoms with Crippen LogP contribution in [0, 0.1) is 11.3 Å². The van der Waals surface area contributed by atoms with E-state index in [1.165, 1.54) is 6.20 Å². The summed E-state index contributed by atoms with van der Waals surface area (Å²) < 4.78 is 8.71. The van der Waals surface area contributed by atoms with E-state index < -0.39 is 5.97 Å². The molecular weight excluding hydrogens is 390 g/mol. The quantitative estimate of drug-likeness (QED) is 0.435. The van der Waals surface area contributed by atoms with Crippen LogP contribution in [0.4, 0.5) is 0 Å². The van der Waals surface area contributed by atoms with Crippen molar-refractivity contribution in [3.63, 3.8) is 0 Å². The first-order valence-corrected chi connectivity index (χ1v) is 9.93. The van der Waals surface area contributed by atoms with Crippen LogP contribution in [0.3, 0.4) is 0 Å². The lowest BCUT2D eigenvalue weighted by molar-refractivity contribution is 0.0550. The Kier molecular flexibility index (Phi) is 5.63. The number of hydrogen-bond donors (Lipinski definition) is 0. The smallest absolute Gasteiger partial charge is 0.341 e. The Labute approximate surface area is 179 Å². The third-order valence-electron chi connectivity index (χ3n) is 4.79. The summed E-state index contributed by atoms with van der Waals surface area (Å²) in [4.78, 5) is 12.3. The van der Waals surface area contributed by atoms with Crippen LogP contribution in [0.2, 0.25) is 0 Å². The van der Waals surface area contributed by atoms with Gasteiger partial charge in [-0.15, -0.1) is 0 Å². The maximum atomic E-state index is 12.3. The molecule has 0 bridgehead atoms. The second-order valence-corrected chi connectivity index (χ2v) is 7.29. The molecule has 154 valence electrons. The van der Waals surface area contributed by atoms with Gasteiger partial charge in [0.1, 0.15) is 12.7 Å². The van der Waals surface area contributed by atoms with Gasteiger partial charge in [0.2, 0.25) is 0 Å². The molecule has 0 aliphatic heterocycles. The fraction of sp³-hybridized carbons (Fsp3) is 0.167. The first-order chi connectivity index (χ1) is 15.1. The molecule has 0 aliphatic rings. The Hall–Kier alpha value is -4.18. The highest BCUT2D eigenvalue weighted by molar-refractivity contribution is 5.89. The Balaban J connectivity index is 1.49. The average molecular weight is 411 g/mol. The molecule has 2 aromatic carbocycles. The predicted molar refractivity (Wildman–Crippen MR) is 118 cm³/mol. The number of nitrogens with zero attached hydrogens (tertiary/aromatic N) is 5. The van der Waals surface area contributed by atoms with Gasteiger partial charge in [-0.05, 0) is 43.7 Å². The summed E-state index contributed by atoms with van der Waals surface area (Å²) in [6.45, 7) is 4.20. The number of esters is 1. The number of ether oxygens (including phenoxy) is 1. The van der Waals surface area contributed by atoms with E-state index in [1.54, 1.807) is 17.0 Å². The Morgan fingerprint density at radius 1 is 1.23 bits per heavy atom. The number of benzene rings is 2. The minimum atomic E-state index is -0.449. The number of carbonyl (C=O) groups excluding carboxylic acids is 1. The van der Waals surface area contributed by atoms with Crippen molar-refractivity contribution in [2.75, 3.05) is 6.61 Å². The van der Waals surface area contributed by atoms with E-state index in [1.807, 2.05) is 73.1 Å². The van der Waals surface area contributed by atoms with E-state index in [0.29, 0.717) is 11.3 Å². The van der Waals surface area contributed by atoms with Gasteiger partial charge in [0.05, 0.1) is 23.0 Å². The molecular formula is C24H21N5O2. The van der Waals surface area contributed by atoms with Crippen LogP contribution >= 0.6 is 0 Å².